The maximum atomic E-state index is 12.7. The first-order chi connectivity index (χ1) is 18.5. The third kappa shape index (κ3) is 7.20. The zero-order valence-corrected chi connectivity index (χ0v) is 21.5. The molecule has 0 radical (unpaired) electrons. The van der Waals surface area contributed by atoms with Crippen LogP contribution in [0.1, 0.15) is 41.3 Å². The van der Waals surface area contributed by atoms with Crippen molar-refractivity contribution in [2.75, 3.05) is 13.2 Å². The molecule has 0 aliphatic heterocycles. The zero-order chi connectivity index (χ0) is 26.7. The van der Waals surface area contributed by atoms with E-state index in [1.807, 2.05) is 49.4 Å². The molecule has 0 fully saturated rings. The molecule has 7 heteroatoms. The smallest absolute Gasteiger partial charge is 0.343 e. The molecule has 194 valence electrons. The highest BCUT2D eigenvalue weighted by Crippen LogP contribution is 2.27. The first-order valence-corrected chi connectivity index (χ1v) is 12.5. The molecule has 4 aromatic rings. The largest absolute Gasteiger partial charge is 0.494 e. The third-order valence-electron chi connectivity index (χ3n) is 5.76. The molecular formula is C31H30N2O5. The monoisotopic (exact) mass is 510 g/mol. The van der Waals surface area contributed by atoms with E-state index in [0.29, 0.717) is 29.2 Å². The summed E-state index contributed by atoms with van der Waals surface area (Å²) in [5.41, 5.74) is 4.53. The molecule has 0 heterocycles. The van der Waals surface area contributed by atoms with Gasteiger partial charge in [0, 0.05) is 5.56 Å². The minimum absolute atomic E-state index is 0.210. The van der Waals surface area contributed by atoms with Gasteiger partial charge in [-0.05, 0) is 66.6 Å². The number of unbranched alkanes of at least 4 members (excludes halogenated alkanes) is 1. The van der Waals surface area contributed by atoms with Crippen LogP contribution in [0.4, 0.5) is 0 Å². The first-order valence-electron chi connectivity index (χ1n) is 12.5. The zero-order valence-electron chi connectivity index (χ0n) is 21.5. The molecule has 0 saturated heterocycles. The van der Waals surface area contributed by atoms with Crippen LogP contribution >= 0.6 is 0 Å². The minimum Gasteiger partial charge on any atom is -0.494 e. The number of hydrogen-bond acceptors (Lipinski definition) is 6. The normalized spacial score (nSPS) is 10.9. The number of aryl methyl sites for hydroxylation is 1. The summed E-state index contributed by atoms with van der Waals surface area (Å²) >= 11 is 0. The number of hydrogen-bond donors (Lipinski definition) is 1. The van der Waals surface area contributed by atoms with Crippen molar-refractivity contribution in [3.63, 3.8) is 0 Å². The molecule has 4 rings (SSSR count). The highest BCUT2D eigenvalue weighted by Gasteiger charge is 2.13. The number of carbonyl (C=O) groups is 2. The Hall–Kier alpha value is -4.65. The fourth-order valence-electron chi connectivity index (χ4n) is 3.66. The molecule has 0 spiro atoms. The molecule has 0 aliphatic carbocycles. The van der Waals surface area contributed by atoms with Crippen molar-refractivity contribution in [3.8, 4) is 17.2 Å². The topological polar surface area (TPSA) is 86.2 Å². The van der Waals surface area contributed by atoms with E-state index in [4.69, 9.17) is 14.2 Å². The quantitative estimate of drug-likeness (QED) is 0.0869. The van der Waals surface area contributed by atoms with Crippen molar-refractivity contribution in [3.05, 3.63) is 102 Å². The summed E-state index contributed by atoms with van der Waals surface area (Å²) in [6.07, 6.45) is 3.54. The van der Waals surface area contributed by atoms with Crippen LogP contribution < -0.4 is 19.6 Å². The molecule has 0 unspecified atom stereocenters. The van der Waals surface area contributed by atoms with Gasteiger partial charge in [-0.3, -0.25) is 4.79 Å². The molecule has 0 aromatic heterocycles. The number of nitrogens with one attached hydrogen (secondary N) is 1. The summed E-state index contributed by atoms with van der Waals surface area (Å²) in [5, 5.41) is 5.87. The lowest BCUT2D eigenvalue weighted by Crippen LogP contribution is -2.24. The maximum Gasteiger partial charge on any atom is 0.343 e. The SMILES string of the molecule is CCCCOc1ccc(OCC(=O)NN=Cc2c(OC(=O)c3ccc(C)cc3)ccc3ccccc23)cc1. The van der Waals surface area contributed by atoms with Gasteiger partial charge in [-0.1, -0.05) is 61.4 Å². The van der Waals surface area contributed by atoms with E-state index < -0.39 is 11.9 Å². The van der Waals surface area contributed by atoms with Crippen molar-refractivity contribution < 1.29 is 23.8 Å². The number of benzene rings is 4. The number of amides is 1. The Morgan fingerprint density at radius 1 is 0.868 bits per heavy atom. The third-order valence-corrected chi connectivity index (χ3v) is 5.76. The van der Waals surface area contributed by atoms with E-state index in [0.717, 1.165) is 34.9 Å². The fraction of sp³-hybridized carbons (Fsp3) is 0.194. The second kappa shape index (κ2) is 13.1. The second-order valence-corrected chi connectivity index (χ2v) is 8.71. The molecule has 1 amide bonds. The standard InChI is InChI=1S/C31H30N2O5/c1-3-4-19-36-25-14-16-26(17-15-25)37-21-30(34)33-32-20-28-27-8-6-5-7-23(27)13-18-29(28)38-31(35)24-11-9-22(2)10-12-24/h5-18,20H,3-4,19,21H2,1-2H3,(H,33,34). The lowest BCUT2D eigenvalue weighted by Gasteiger charge is -2.11. The van der Waals surface area contributed by atoms with Crippen LogP contribution in [0.25, 0.3) is 10.8 Å². The summed E-state index contributed by atoms with van der Waals surface area (Å²) in [6, 6.07) is 25.5. The van der Waals surface area contributed by atoms with Crippen molar-refractivity contribution in [2.24, 2.45) is 5.10 Å². The van der Waals surface area contributed by atoms with Gasteiger partial charge in [0.15, 0.2) is 6.61 Å². The molecule has 1 N–H and O–H groups in total. The van der Waals surface area contributed by atoms with Crippen LogP contribution in [-0.4, -0.2) is 31.3 Å². The van der Waals surface area contributed by atoms with Gasteiger partial charge in [0.25, 0.3) is 5.91 Å². The Bertz CT molecular complexity index is 1410. The van der Waals surface area contributed by atoms with Gasteiger partial charge < -0.3 is 14.2 Å². The Labute approximate surface area is 222 Å². The van der Waals surface area contributed by atoms with E-state index in [-0.39, 0.29) is 6.61 Å². The predicted molar refractivity (Wildman–Crippen MR) is 148 cm³/mol. The molecule has 7 nitrogen and oxygen atoms in total. The Kier molecular flexibility index (Phi) is 9.07. The molecule has 0 aliphatic rings. The summed E-state index contributed by atoms with van der Waals surface area (Å²) in [6.45, 7) is 4.52. The lowest BCUT2D eigenvalue weighted by atomic mass is 10.0. The van der Waals surface area contributed by atoms with Crippen molar-refractivity contribution in [1.29, 1.82) is 0 Å². The number of ether oxygens (including phenoxy) is 3. The number of fused-ring (bicyclic) bond motifs is 1. The van der Waals surface area contributed by atoms with E-state index in [1.54, 1.807) is 42.5 Å². The minimum atomic E-state index is -0.478. The molecule has 38 heavy (non-hydrogen) atoms. The van der Waals surface area contributed by atoms with Crippen LogP contribution in [0.2, 0.25) is 0 Å². The van der Waals surface area contributed by atoms with Gasteiger partial charge in [-0.25, -0.2) is 10.2 Å². The Morgan fingerprint density at radius 3 is 2.32 bits per heavy atom. The highest BCUT2D eigenvalue weighted by atomic mass is 16.5. The van der Waals surface area contributed by atoms with Crippen molar-refractivity contribution in [1.82, 2.24) is 5.43 Å². The van der Waals surface area contributed by atoms with Crippen LogP contribution in [0.15, 0.2) is 90.0 Å². The average molecular weight is 511 g/mol. The number of rotatable bonds is 11. The van der Waals surface area contributed by atoms with Gasteiger partial charge in [-0.15, -0.1) is 0 Å². The van der Waals surface area contributed by atoms with Crippen LogP contribution in [0.5, 0.6) is 17.2 Å². The Balaban J connectivity index is 1.40. The Morgan fingerprint density at radius 2 is 1.58 bits per heavy atom. The summed E-state index contributed by atoms with van der Waals surface area (Å²) in [7, 11) is 0. The van der Waals surface area contributed by atoms with Gasteiger partial charge in [0.1, 0.15) is 17.2 Å². The van der Waals surface area contributed by atoms with E-state index >= 15 is 0 Å². The van der Waals surface area contributed by atoms with Gasteiger partial charge >= 0.3 is 5.97 Å². The highest BCUT2D eigenvalue weighted by molar-refractivity contribution is 6.04. The van der Waals surface area contributed by atoms with Gasteiger partial charge in [0.2, 0.25) is 0 Å². The van der Waals surface area contributed by atoms with E-state index in [2.05, 4.69) is 17.5 Å². The number of nitrogens with zero attached hydrogens (tertiary/aromatic N) is 1. The van der Waals surface area contributed by atoms with Crippen LogP contribution in [0, 0.1) is 6.92 Å². The first kappa shape index (κ1) is 26.4. The fourth-order valence-corrected chi connectivity index (χ4v) is 3.66. The number of esters is 1. The average Bonchev–Trinajstić information content (AvgIpc) is 2.94. The second-order valence-electron chi connectivity index (χ2n) is 8.71. The summed E-state index contributed by atoms with van der Waals surface area (Å²) < 4.78 is 16.9. The van der Waals surface area contributed by atoms with Gasteiger partial charge in [0.05, 0.1) is 18.4 Å². The van der Waals surface area contributed by atoms with Crippen molar-refractivity contribution >= 4 is 28.9 Å². The maximum absolute atomic E-state index is 12.7. The van der Waals surface area contributed by atoms with Crippen molar-refractivity contribution in [2.45, 2.75) is 26.7 Å². The predicted octanol–water partition coefficient (Wildman–Crippen LogP) is 6.08. The molecule has 0 atom stereocenters. The molecule has 0 bridgehead atoms. The van der Waals surface area contributed by atoms with Crippen LogP contribution in [-0.2, 0) is 4.79 Å². The summed E-state index contributed by atoms with van der Waals surface area (Å²) in [4.78, 5) is 25.1. The van der Waals surface area contributed by atoms with E-state index in [1.165, 1.54) is 6.21 Å². The molecule has 0 saturated carbocycles. The number of hydrazone groups is 1. The number of carbonyl (C=O) groups excluding carboxylic acids is 2. The van der Waals surface area contributed by atoms with Crippen LogP contribution in [0.3, 0.4) is 0 Å². The molecule has 4 aromatic carbocycles. The summed E-state index contributed by atoms with van der Waals surface area (Å²) in [5.74, 6) is 0.738. The lowest BCUT2D eigenvalue weighted by molar-refractivity contribution is -0.123. The molecular weight excluding hydrogens is 480 g/mol. The van der Waals surface area contributed by atoms with Gasteiger partial charge in [-0.2, -0.15) is 5.10 Å². The van der Waals surface area contributed by atoms with E-state index in [9.17, 15) is 9.59 Å².